The third-order valence-electron chi connectivity index (χ3n) is 5.48. The van der Waals surface area contributed by atoms with E-state index >= 15 is 0 Å². The topological polar surface area (TPSA) is 69.7 Å². The molecule has 1 atom stereocenters. The van der Waals surface area contributed by atoms with E-state index in [1.165, 1.54) is 0 Å². The first-order chi connectivity index (χ1) is 13.0. The molecule has 1 N–H and O–H groups in total. The number of carbonyl (C=O) groups is 1. The fraction of sp³-hybridized carbons (Fsp3) is 0.650. The summed E-state index contributed by atoms with van der Waals surface area (Å²) in [6.07, 6.45) is 5.77. The summed E-state index contributed by atoms with van der Waals surface area (Å²) >= 11 is 0. The van der Waals surface area contributed by atoms with Gasteiger partial charge in [-0.15, -0.1) is 0 Å². The van der Waals surface area contributed by atoms with Crippen LogP contribution in [0.2, 0.25) is 0 Å². The molecule has 0 aliphatic carbocycles. The number of hydrogen-bond donors (Lipinski definition) is 1. The molecule has 2 saturated heterocycles. The first-order valence-corrected chi connectivity index (χ1v) is 11.6. The summed E-state index contributed by atoms with van der Waals surface area (Å²) < 4.78 is 27.7. The van der Waals surface area contributed by atoms with Crippen molar-refractivity contribution in [3.8, 4) is 0 Å². The zero-order chi connectivity index (χ0) is 19.3. The lowest BCUT2D eigenvalue weighted by Crippen LogP contribution is -2.42. The molecule has 150 valence electrons. The second-order valence-corrected chi connectivity index (χ2v) is 9.43. The summed E-state index contributed by atoms with van der Waals surface area (Å²) in [5.41, 5.74) is 0.464. The zero-order valence-corrected chi connectivity index (χ0v) is 17.0. The lowest BCUT2D eigenvalue weighted by Gasteiger charge is -2.28. The van der Waals surface area contributed by atoms with E-state index in [4.69, 9.17) is 0 Å². The number of amides is 1. The number of carbonyl (C=O) groups excluding carboxylic acids is 1. The fourth-order valence-corrected chi connectivity index (χ4v) is 5.55. The summed E-state index contributed by atoms with van der Waals surface area (Å²) in [7, 11) is -3.55. The molecule has 1 aromatic carbocycles. The van der Waals surface area contributed by atoms with Crippen LogP contribution in [0.1, 0.15) is 55.8 Å². The minimum atomic E-state index is -3.55. The molecule has 7 heteroatoms. The van der Waals surface area contributed by atoms with Crippen molar-refractivity contribution in [1.29, 1.82) is 0 Å². The Hall–Kier alpha value is -1.44. The Kier molecular flexibility index (Phi) is 6.89. The van der Waals surface area contributed by atoms with Crippen LogP contribution in [0.15, 0.2) is 29.2 Å². The van der Waals surface area contributed by atoms with Gasteiger partial charge in [-0.25, -0.2) is 8.42 Å². The molecule has 0 spiro atoms. The first-order valence-electron chi connectivity index (χ1n) is 10.2. The minimum absolute atomic E-state index is 0.0709. The second kappa shape index (κ2) is 9.17. The van der Waals surface area contributed by atoms with Gasteiger partial charge in [0.1, 0.15) is 0 Å². The lowest BCUT2D eigenvalue weighted by molar-refractivity contribution is 0.0692. The van der Waals surface area contributed by atoms with Gasteiger partial charge >= 0.3 is 0 Å². The summed E-state index contributed by atoms with van der Waals surface area (Å²) in [5, 5.41) is 3.31. The van der Waals surface area contributed by atoms with Crippen LogP contribution in [0.25, 0.3) is 0 Å². The minimum Gasteiger partial charge on any atom is -0.334 e. The summed E-state index contributed by atoms with van der Waals surface area (Å²) in [6, 6.07) is 6.78. The largest absolute Gasteiger partial charge is 0.334 e. The van der Waals surface area contributed by atoms with Crippen LogP contribution >= 0.6 is 0 Å². The molecule has 1 amide bonds. The lowest BCUT2D eigenvalue weighted by atomic mass is 10.1. The number of benzene rings is 1. The standard InChI is InChI=1S/C20H31N3O3S/c1-2-12-23(18-10-11-21-16-18)20(24)17-8-7-9-19(15-17)27(25,26)22-13-5-3-4-6-14-22/h7-9,15,18,21H,2-6,10-14,16H2,1H3. The Labute approximate surface area is 163 Å². The molecule has 6 nitrogen and oxygen atoms in total. The maximum absolute atomic E-state index is 13.1. The monoisotopic (exact) mass is 393 g/mol. The highest BCUT2D eigenvalue weighted by Crippen LogP contribution is 2.22. The van der Waals surface area contributed by atoms with E-state index in [-0.39, 0.29) is 16.8 Å². The number of nitrogens with zero attached hydrogens (tertiary/aromatic N) is 2. The second-order valence-electron chi connectivity index (χ2n) is 7.49. The normalized spacial score (nSPS) is 21.7. The summed E-state index contributed by atoms with van der Waals surface area (Å²) in [5.74, 6) is -0.0709. The van der Waals surface area contributed by atoms with Gasteiger partial charge in [0.2, 0.25) is 10.0 Å². The van der Waals surface area contributed by atoms with Crippen molar-refractivity contribution in [2.75, 3.05) is 32.7 Å². The quantitative estimate of drug-likeness (QED) is 0.806. The number of sulfonamides is 1. The molecule has 0 radical (unpaired) electrons. The molecule has 2 aliphatic rings. The molecular weight excluding hydrogens is 362 g/mol. The molecule has 3 rings (SSSR count). The Balaban J connectivity index is 1.84. The van der Waals surface area contributed by atoms with Gasteiger partial charge in [-0.3, -0.25) is 4.79 Å². The average molecular weight is 394 g/mol. The average Bonchev–Trinajstić information content (AvgIpc) is 3.06. The van der Waals surface area contributed by atoms with Crippen molar-refractivity contribution >= 4 is 15.9 Å². The van der Waals surface area contributed by atoms with Crippen LogP contribution in [0.4, 0.5) is 0 Å². The van der Waals surface area contributed by atoms with Gasteiger partial charge in [-0.2, -0.15) is 4.31 Å². The van der Waals surface area contributed by atoms with E-state index in [1.54, 1.807) is 28.6 Å². The molecular formula is C20H31N3O3S. The van der Waals surface area contributed by atoms with Crippen molar-refractivity contribution in [2.45, 2.75) is 56.4 Å². The Morgan fingerprint density at radius 1 is 1.22 bits per heavy atom. The smallest absolute Gasteiger partial charge is 0.254 e. The highest BCUT2D eigenvalue weighted by Gasteiger charge is 2.29. The van der Waals surface area contributed by atoms with E-state index in [1.807, 2.05) is 4.90 Å². The van der Waals surface area contributed by atoms with Crippen molar-refractivity contribution in [2.24, 2.45) is 0 Å². The summed E-state index contributed by atoms with van der Waals surface area (Å²) in [4.78, 5) is 15.3. The molecule has 0 aromatic heterocycles. The van der Waals surface area contributed by atoms with Crippen molar-refractivity contribution in [3.05, 3.63) is 29.8 Å². The third kappa shape index (κ3) is 4.70. The van der Waals surface area contributed by atoms with E-state index in [0.717, 1.165) is 51.6 Å². The van der Waals surface area contributed by atoms with E-state index in [2.05, 4.69) is 12.2 Å². The molecule has 2 fully saturated rings. The van der Waals surface area contributed by atoms with Crippen LogP contribution < -0.4 is 5.32 Å². The Morgan fingerprint density at radius 2 is 1.96 bits per heavy atom. The van der Waals surface area contributed by atoms with Crippen LogP contribution in [0.3, 0.4) is 0 Å². The van der Waals surface area contributed by atoms with E-state index in [9.17, 15) is 13.2 Å². The third-order valence-corrected chi connectivity index (χ3v) is 7.38. The van der Waals surface area contributed by atoms with Gasteiger partial charge < -0.3 is 10.2 Å². The zero-order valence-electron chi connectivity index (χ0n) is 16.2. The highest BCUT2D eigenvalue weighted by molar-refractivity contribution is 7.89. The number of rotatable bonds is 6. The molecule has 2 aliphatic heterocycles. The van der Waals surface area contributed by atoms with Gasteiger partial charge in [0.25, 0.3) is 5.91 Å². The molecule has 1 unspecified atom stereocenters. The predicted octanol–water partition coefficient (Wildman–Crippen LogP) is 2.47. The highest BCUT2D eigenvalue weighted by atomic mass is 32.2. The molecule has 0 saturated carbocycles. The van der Waals surface area contributed by atoms with Gasteiger partial charge in [-0.05, 0) is 50.4 Å². The van der Waals surface area contributed by atoms with Crippen LogP contribution in [0, 0.1) is 0 Å². The number of nitrogens with one attached hydrogen (secondary N) is 1. The molecule has 2 heterocycles. The van der Waals surface area contributed by atoms with Gasteiger partial charge in [-0.1, -0.05) is 25.8 Å². The van der Waals surface area contributed by atoms with Crippen LogP contribution in [-0.4, -0.2) is 62.3 Å². The number of hydrogen-bond acceptors (Lipinski definition) is 4. The van der Waals surface area contributed by atoms with Gasteiger partial charge in [0, 0.05) is 37.8 Å². The molecule has 0 bridgehead atoms. The maximum atomic E-state index is 13.1. The van der Waals surface area contributed by atoms with E-state index < -0.39 is 10.0 Å². The van der Waals surface area contributed by atoms with Gasteiger partial charge in [0.05, 0.1) is 4.90 Å². The van der Waals surface area contributed by atoms with Crippen molar-refractivity contribution in [3.63, 3.8) is 0 Å². The van der Waals surface area contributed by atoms with Crippen LogP contribution in [0.5, 0.6) is 0 Å². The SMILES string of the molecule is CCCN(C(=O)c1cccc(S(=O)(=O)N2CCCCCC2)c1)C1CCNC1. The maximum Gasteiger partial charge on any atom is 0.254 e. The summed E-state index contributed by atoms with van der Waals surface area (Å²) in [6.45, 7) is 5.60. The predicted molar refractivity (Wildman–Crippen MR) is 106 cm³/mol. The van der Waals surface area contributed by atoms with Crippen molar-refractivity contribution in [1.82, 2.24) is 14.5 Å². The molecule has 27 heavy (non-hydrogen) atoms. The van der Waals surface area contributed by atoms with Crippen molar-refractivity contribution < 1.29 is 13.2 Å². The first kappa shape index (κ1) is 20.3. The Morgan fingerprint density at radius 3 is 2.59 bits per heavy atom. The van der Waals surface area contributed by atoms with Crippen LogP contribution in [-0.2, 0) is 10.0 Å². The van der Waals surface area contributed by atoms with Gasteiger partial charge in [0.15, 0.2) is 0 Å². The fourth-order valence-electron chi connectivity index (χ4n) is 3.98. The van der Waals surface area contributed by atoms with E-state index in [0.29, 0.717) is 25.2 Å². The molecule has 1 aromatic rings. The Bertz CT molecular complexity index is 737.